The highest BCUT2D eigenvalue weighted by atomic mass is 127. The second-order valence-electron chi connectivity index (χ2n) is 6.10. The predicted molar refractivity (Wildman–Crippen MR) is 121 cm³/mol. The van der Waals surface area contributed by atoms with Crippen LogP contribution in [-0.2, 0) is 14.6 Å². The average molecular weight is 573 g/mol. The highest BCUT2D eigenvalue weighted by Crippen LogP contribution is 2.15. The molecule has 0 saturated carbocycles. The summed E-state index contributed by atoms with van der Waals surface area (Å²) in [5.41, 5.74) is 0. The van der Waals surface area contributed by atoms with E-state index in [0.29, 0.717) is 23.8 Å². The van der Waals surface area contributed by atoms with Crippen LogP contribution in [0.4, 0.5) is 0 Å². The molecule has 0 radical (unpaired) electrons. The first-order chi connectivity index (χ1) is 12.4. The van der Waals surface area contributed by atoms with E-state index >= 15 is 0 Å². The SMILES string of the molecule is CCC(=O)N1CCC(NC(=NC)NCCS(=O)(=O)c2ccc(Br)cc2)C1.I. The van der Waals surface area contributed by atoms with Crippen molar-refractivity contribution < 1.29 is 13.2 Å². The van der Waals surface area contributed by atoms with Gasteiger partial charge in [0.2, 0.25) is 5.91 Å². The monoisotopic (exact) mass is 572 g/mol. The van der Waals surface area contributed by atoms with Gasteiger partial charge in [-0.1, -0.05) is 22.9 Å². The van der Waals surface area contributed by atoms with Gasteiger partial charge >= 0.3 is 0 Å². The molecule has 0 spiro atoms. The summed E-state index contributed by atoms with van der Waals surface area (Å²) < 4.78 is 25.5. The van der Waals surface area contributed by atoms with E-state index in [9.17, 15) is 13.2 Å². The lowest BCUT2D eigenvalue weighted by molar-refractivity contribution is -0.129. The normalized spacial score (nSPS) is 17.4. The number of rotatable bonds is 6. The van der Waals surface area contributed by atoms with Gasteiger partial charge in [0.15, 0.2) is 15.8 Å². The predicted octanol–water partition coefficient (Wildman–Crippen LogP) is 2.02. The van der Waals surface area contributed by atoms with Crippen LogP contribution < -0.4 is 10.6 Å². The Bertz CT molecular complexity index is 756. The van der Waals surface area contributed by atoms with Crippen molar-refractivity contribution in [3.63, 3.8) is 0 Å². The molecule has 1 amide bonds. The first-order valence-electron chi connectivity index (χ1n) is 8.59. The third-order valence-electron chi connectivity index (χ3n) is 4.24. The van der Waals surface area contributed by atoms with Crippen LogP contribution in [0, 0.1) is 0 Å². The molecule has 1 fully saturated rings. The maximum Gasteiger partial charge on any atom is 0.222 e. The van der Waals surface area contributed by atoms with Gasteiger partial charge in [-0.3, -0.25) is 9.79 Å². The van der Waals surface area contributed by atoms with E-state index in [2.05, 4.69) is 31.6 Å². The van der Waals surface area contributed by atoms with Crippen LogP contribution in [0.5, 0.6) is 0 Å². The van der Waals surface area contributed by atoms with Crippen LogP contribution in [0.1, 0.15) is 19.8 Å². The zero-order chi connectivity index (χ0) is 19.2. The fourth-order valence-corrected chi connectivity index (χ4v) is 4.20. The van der Waals surface area contributed by atoms with E-state index in [1.165, 1.54) is 0 Å². The second kappa shape index (κ2) is 11.2. The molecule has 1 aromatic carbocycles. The van der Waals surface area contributed by atoms with E-state index in [1.807, 2.05) is 11.8 Å². The van der Waals surface area contributed by atoms with Crippen molar-refractivity contribution in [3.8, 4) is 0 Å². The van der Waals surface area contributed by atoms with Crippen molar-refractivity contribution in [2.24, 2.45) is 4.99 Å². The van der Waals surface area contributed by atoms with Crippen molar-refractivity contribution >= 4 is 61.6 Å². The summed E-state index contributed by atoms with van der Waals surface area (Å²) in [6, 6.07) is 6.73. The van der Waals surface area contributed by atoms with E-state index < -0.39 is 9.84 Å². The Labute approximate surface area is 186 Å². The summed E-state index contributed by atoms with van der Waals surface area (Å²) in [6.45, 7) is 3.49. The summed E-state index contributed by atoms with van der Waals surface area (Å²) in [7, 11) is -1.71. The molecule has 1 aliphatic heterocycles. The van der Waals surface area contributed by atoms with Crippen molar-refractivity contribution in [2.75, 3.05) is 32.4 Å². The molecule has 2 rings (SSSR count). The van der Waals surface area contributed by atoms with Gasteiger partial charge in [-0.2, -0.15) is 0 Å². The molecule has 1 aromatic rings. The van der Waals surface area contributed by atoms with Gasteiger partial charge in [-0.05, 0) is 30.7 Å². The first kappa shape index (κ1) is 24.2. The highest BCUT2D eigenvalue weighted by molar-refractivity contribution is 14.0. The molecule has 152 valence electrons. The average Bonchev–Trinajstić information content (AvgIpc) is 3.09. The number of halogens is 2. The maximum atomic E-state index is 12.3. The van der Waals surface area contributed by atoms with Gasteiger partial charge < -0.3 is 15.5 Å². The minimum Gasteiger partial charge on any atom is -0.355 e. The van der Waals surface area contributed by atoms with Crippen LogP contribution in [0.2, 0.25) is 0 Å². The summed E-state index contributed by atoms with van der Waals surface area (Å²) in [5.74, 6) is 0.671. The molecule has 10 heteroatoms. The lowest BCUT2D eigenvalue weighted by Crippen LogP contribution is -2.46. The largest absolute Gasteiger partial charge is 0.355 e. The molecule has 7 nitrogen and oxygen atoms in total. The Morgan fingerprint density at radius 3 is 2.59 bits per heavy atom. The van der Waals surface area contributed by atoms with Crippen LogP contribution in [-0.4, -0.2) is 63.7 Å². The van der Waals surface area contributed by atoms with E-state index in [1.54, 1.807) is 31.3 Å². The molecule has 1 aliphatic rings. The van der Waals surface area contributed by atoms with E-state index in [4.69, 9.17) is 0 Å². The molecular weight excluding hydrogens is 547 g/mol. The first-order valence-corrected chi connectivity index (χ1v) is 11.0. The van der Waals surface area contributed by atoms with E-state index in [-0.39, 0.29) is 48.2 Å². The number of carbonyl (C=O) groups is 1. The molecule has 0 aromatic heterocycles. The third kappa shape index (κ3) is 7.22. The number of sulfone groups is 1. The van der Waals surface area contributed by atoms with Crippen LogP contribution in [0.3, 0.4) is 0 Å². The zero-order valence-corrected chi connectivity index (χ0v) is 20.2. The van der Waals surface area contributed by atoms with Crippen LogP contribution >= 0.6 is 39.9 Å². The van der Waals surface area contributed by atoms with Crippen molar-refractivity contribution in [1.82, 2.24) is 15.5 Å². The third-order valence-corrected chi connectivity index (χ3v) is 6.50. The molecule has 1 atom stereocenters. The zero-order valence-electron chi connectivity index (χ0n) is 15.4. The Balaban J connectivity index is 0.00000364. The molecule has 1 saturated heterocycles. The number of aliphatic imine (C=N–C) groups is 1. The summed E-state index contributed by atoms with van der Waals surface area (Å²) in [4.78, 5) is 18.0. The topological polar surface area (TPSA) is 90.9 Å². The molecule has 2 N–H and O–H groups in total. The van der Waals surface area contributed by atoms with Crippen molar-refractivity contribution in [2.45, 2.75) is 30.7 Å². The van der Waals surface area contributed by atoms with Gasteiger partial charge in [0.05, 0.1) is 10.6 Å². The number of guanidine groups is 1. The summed E-state index contributed by atoms with van der Waals surface area (Å²) in [5, 5.41) is 6.29. The number of hydrogen-bond acceptors (Lipinski definition) is 4. The Hall–Kier alpha value is -0.880. The Kier molecular flexibility index (Phi) is 10.0. The lowest BCUT2D eigenvalue weighted by Gasteiger charge is -2.18. The van der Waals surface area contributed by atoms with Crippen molar-refractivity contribution in [3.05, 3.63) is 28.7 Å². The van der Waals surface area contributed by atoms with Gasteiger partial charge in [0.1, 0.15) is 0 Å². The standard InChI is InChI=1S/C17H25BrN4O3S.HI/c1-3-16(23)22-10-8-14(12-22)21-17(19-2)20-9-11-26(24,25)15-6-4-13(18)5-7-15;/h4-7,14H,3,8-12H2,1-2H3,(H2,19,20,21);1H. The minimum absolute atomic E-state index is 0. The lowest BCUT2D eigenvalue weighted by atomic mass is 10.3. The highest BCUT2D eigenvalue weighted by Gasteiger charge is 2.25. The Morgan fingerprint density at radius 2 is 2.00 bits per heavy atom. The smallest absolute Gasteiger partial charge is 0.222 e. The summed E-state index contributed by atoms with van der Waals surface area (Å²) >= 11 is 3.30. The van der Waals surface area contributed by atoms with Gasteiger partial charge in [-0.15, -0.1) is 24.0 Å². The fraction of sp³-hybridized carbons (Fsp3) is 0.529. The molecule has 0 aliphatic carbocycles. The molecule has 0 bridgehead atoms. The molecule has 1 unspecified atom stereocenters. The fourth-order valence-electron chi connectivity index (χ4n) is 2.78. The molecular formula is C17H26BrIN4O3S. The number of nitrogens with zero attached hydrogens (tertiary/aromatic N) is 2. The summed E-state index contributed by atoms with van der Waals surface area (Å²) in [6.07, 6.45) is 1.36. The number of benzene rings is 1. The van der Waals surface area contributed by atoms with Gasteiger partial charge in [0, 0.05) is 43.6 Å². The quantitative estimate of drug-likeness (QED) is 0.309. The van der Waals surface area contributed by atoms with Gasteiger partial charge in [-0.25, -0.2) is 8.42 Å². The van der Waals surface area contributed by atoms with Crippen molar-refractivity contribution in [1.29, 1.82) is 0 Å². The van der Waals surface area contributed by atoms with Crippen LogP contribution in [0.15, 0.2) is 38.6 Å². The van der Waals surface area contributed by atoms with Crippen LogP contribution in [0.25, 0.3) is 0 Å². The van der Waals surface area contributed by atoms with E-state index in [0.717, 1.165) is 17.4 Å². The molecule has 1 heterocycles. The number of nitrogens with one attached hydrogen (secondary N) is 2. The maximum absolute atomic E-state index is 12.3. The Morgan fingerprint density at radius 1 is 1.33 bits per heavy atom. The van der Waals surface area contributed by atoms with Gasteiger partial charge in [0.25, 0.3) is 0 Å². The molecule has 27 heavy (non-hydrogen) atoms. The number of carbonyl (C=O) groups excluding carboxylic acids is 1. The number of hydrogen-bond donors (Lipinski definition) is 2. The minimum atomic E-state index is -3.35. The second-order valence-corrected chi connectivity index (χ2v) is 9.12. The number of likely N-dealkylation sites (tertiary alicyclic amines) is 1. The number of amides is 1.